The Hall–Kier alpha value is -2.93. The van der Waals surface area contributed by atoms with Crippen LogP contribution >= 0.6 is 0 Å². The van der Waals surface area contributed by atoms with Crippen LogP contribution in [0.1, 0.15) is 18.2 Å². The number of para-hydroxylation sites is 1. The topological polar surface area (TPSA) is 82.7 Å². The Kier molecular flexibility index (Phi) is 4.67. The molecule has 0 aliphatic rings. The largest absolute Gasteiger partial charge is 0.461 e. The number of rotatable bonds is 6. The van der Waals surface area contributed by atoms with Crippen molar-refractivity contribution in [2.75, 3.05) is 7.05 Å². The molecule has 0 spiro atoms. The lowest BCUT2D eigenvalue weighted by atomic mass is 10.1. The molecule has 0 radical (unpaired) electrons. The van der Waals surface area contributed by atoms with Gasteiger partial charge in [0.1, 0.15) is 17.9 Å². The van der Waals surface area contributed by atoms with Gasteiger partial charge in [0, 0.05) is 23.9 Å². The standard InChI is InChI=1S/C18H19N3O4/c1-3-16-15(14-6-4-5-7-17(14)25-16)11-19(2)12-20-10-13(21(23)24)8-9-18(20)22/h4-10H,3,11-12H2,1-2H3/p+1. The van der Waals surface area contributed by atoms with E-state index in [9.17, 15) is 14.9 Å². The molecule has 3 rings (SSSR count). The molecule has 25 heavy (non-hydrogen) atoms. The number of aromatic nitrogens is 1. The number of nitrogens with zero attached hydrogens (tertiary/aromatic N) is 2. The number of pyridine rings is 1. The zero-order valence-electron chi connectivity index (χ0n) is 14.2. The van der Waals surface area contributed by atoms with E-state index in [-0.39, 0.29) is 11.2 Å². The molecule has 1 aromatic carbocycles. The van der Waals surface area contributed by atoms with E-state index in [0.717, 1.165) is 33.6 Å². The molecule has 0 fully saturated rings. The van der Waals surface area contributed by atoms with Gasteiger partial charge in [-0.25, -0.2) is 0 Å². The first-order valence-electron chi connectivity index (χ1n) is 8.15. The van der Waals surface area contributed by atoms with Crippen LogP contribution in [0.3, 0.4) is 0 Å². The number of fused-ring (bicyclic) bond motifs is 1. The van der Waals surface area contributed by atoms with E-state index in [0.29, 0.717) is 13.2 Å². The average molecular weight is 342 g/mol. The van der Waals surface area contributed by atoms with Crippen molar-refractivity contribution < 1.29 is 14.2 Å². The Balaban J connectivity index is 1.86. The van der Waals surface area contributed by atoms with E-state index in [1.807, 2.05) is 38.2 Å². The number of quaternary nitrogens is 1. The summed E-state index contributed by atoms with van der Waals surface area (Å²) in [5, 5.41) is 12.0. The first-order chi connectivity index (χ1) is 12.0. The van der Waals surface area contributed by atoms with Gasteiger partial charge in [-0.15, -0.1) is 0 Å². The molecule has 0 saturated carbocycles. The number of hydrogen-bond donors (Lipinski definition) is 1. The van der Waals surface area contributed by atoms with Gasteiger partial charge in [0.25, 0.3) is 11.2 Å². The number of nitrogens with one attached hydrogen (secondary N) is 1. The molecule has 0 amide bonds. The number of hydrogen-bond acceptors (Lipinski definition) is 4. The van der Waals surface area contributed by atoms with E-state index in [4.69, 9.17) is 4.42 Å². The lowest BCUT2D eigenvalue weighted by Gasteiger charge is -2.15. The first-order valence-corrected chi connectivity index (χ1v) is 8.15. The minimum atomic E-state index is -0.496. The maximum atomic E-state index is 12.0. The lowest BCUT2D eigenvalue weighted by molar-refractivity contribution is -0.917. The third kappa shape index (κ3) is 3.46. The van der Waals surface area contributed by atoms with Gasteiger partial charge in [-0.2, -0.15) is 0 Å². The summed E-state index contributed by atoms with van der Waals surface area (Å²) in [5.41, 5.74) is 1.64. The molecule has 7 nitrogen and oxygen atoms in total. The van der Waals surface area contributed by atoms with E-state index in [2.05, 4.69) is 0 Å². The summed E-state index contributed by atoms with van der Waals surface area (Å²) < 4.78 is 7.28. The van der Waals surface area contributed by atoms with Gasteiger partial charge in [0.05, 0.1) is 23.7 Å². The molecule has 1 unspecified atom stereocenters. The molecule has 2 heterocycles. The SMILES string of the molecule is CCc1oc2ccccc2c1C[NH+](C)Cn1cc([N+](=O)[O-])ccc1=O. The lowest BCUT2D eigenvalue weighted by Crippen LogP contribution is -3.07. The van der Waals surface area contributed by atoms with E-state index >= 15 is 0 Å². The molecule has 0 aliphatic heterocycles. The molecule has 130 valence electrons. The third-order valence-corrected chi connectivity index (χ3v) is 4.20. The van der Waals surface area contributed by atoms with Crippen LogP contribution in [0.2, 0.25) is 0 Å². The monoisotopic (exact) mass is 342 g/mol. The van der Waals surface area contributed by atoms with Crippen LogP contribution in [-0.2, 0) is 19.6 Å². The normalized spacial score (nSPS) is 12.4. The highest BCUT2D eigenvalue weighted by molar-refractivity contribution is 5.82. The summed E-state index contributed by atoms with van der Waals surface area (Å²) in [4.78, 5) is 23.4. The smallest absolute Gasteiger partial charge is 0.285 e. The highest BCUT2D eigenvalue weighted by atomic mass is 16.6. The van der Waals surface area contributed by atoms with Crippen molar-refractivity contribution in [2.24, 2.45) is 0 Å². The van der Waals surface area contributed by atoms with Gasteiger partial charge in [-0.05, 0) is 6.07 Å². The fourth-order valence-corrected chi connectivity index (χ4v) is 3.03. The molecule has 0 aliphatic carbocycles. The molecular formula is C18H20N3O4+. The second-order valence-electron chi connectivity index (χ2n) is 6.10. The highest BCUT2D eigenvalue weighted by Crippen LogP contribution is 2.25. The first kappa shape index (κ1) is 16.9. The average Bonchev–Trinajstić information content (AvgIpc) is 2.94. The van der Waals surface area contributed by atoms with Gasteiger partial charge in [0.15, 0.2) is 6.67 Å². The van der Waals surface area contributed by atoms with Gasteiger partial charge in [-0.3, -0.25) is 19.5 Å². The predicted molar refractivity (Wildman–Crippen MR) is 93.5 cm³/mol. The zero-order chi connectivity index (χ0) is 18.0. The van der Waals surface area contributed by atoms with Crippen LogP contribution in [-0.4, -0.2) is 16.5 Å². The van der Waals surface area contributed by atoms with Crippen LogP contribution in [0.5, 0.6) is 0 Å². The minimum Gasteiger partial charge on any atom is -0.461 e. The van der Waals surface area contributed by atoms with Crippen molar-refractivity contribution >= 4 is 16.7 Å². The quantitative estimate of drug-likeness (QED) is 0.546. The predicted octanol–water partition coefficient (Wildman–Crippen LogP) is 1.74. The fraction of sp³-hybridized carbons (Fsp3) is 0.278. The van der Waals surface area contributed by atoms with Crippen molar-refractivity contribution in [1.82, 2.24) is 4.57 Å². The highest BCUT2D eigenvalue weighted by Gasteiger charge is 2.17. The molecule has 0 bridgehead atoms. The van der Waals surface area contributed by atoms with Crippen LogP contribution in [0.4, 0.5) is 5.69 Å². The molecule has 3 aromatic rings. The fourth-order valence-electron chi connectivity index (χ4n) is 3.03. The summed E-state index contributed by atoms with van der Waals surface area (Å²) in [6, 6.07) is 10.3. The maximum Gasteiger partial charge on any atom is 0.285 e. The van der Waals surface area contributed by atoms with Crippen molar-refractivity contribution in [3.05, 3.63) is 74.4 Å². The van der Waals surface area contributed by atoms with Gasteiger partial charge >= 0.3 is 0 Å². The Bertz CT molecular complexity index is 974. The van der Waals surface area contributed by atoms with Crippen molar-refractivity contribution in [1.29, 1.82) is 0 Å². The van der Waals surface area contributed by atoms with Gasteiger partial charge in [-0.1, -0.05) is 25.1 Å². The summed E-state index contributed by atoms with van der Waals surface area (Å²) in [6.07, 6.45) is 2.08. The molecule has 7 heteroatoms. The summed E-state index contributed by atoms with van der Waals surface area (Å²) in [5.74, 6) is 0.937. The Morgan fingerprint density at radius 2 is 2.00 bits per heavy atom. The zero-order valence-corrected chi connectivity index (χ0v) is 14.2. The number of nitro groups is 1. The Morgan fingerprint density at radius 3 is 2.72 bits per heavy atom. The van der Waals surface area contributed by atoms with Crippen molar-refractivity contribution in [3.8, 4) is 0 Å². The summed E-state index contributed by atoms with van der Waals surface area (Å²) in [7, 11) is 1.95. The molecule has 2 aromatic heterocycles. The maximum absolute atomic E-state index is 12.0. The van der Waals surface area contributed by atoms with Gasteiger partial charge in [0.2, 0.25) is 0 Å². The Morgan fingerprint density at radius 1 is 1.24 bits per heavy atom. The van der Waals surface area contributed by atoms with Crippen LogP contribution < -0.4 is 10.5 Å². The summed E-state index contributed by atoms with van der Waals surface area (Å²) in [6.45, 7) is 3.04. The van der Waals surface area contributed by atoms with E-state index < -0.39 is 4.92 Å². The third-order valence-electron chi connectivity index (χ3n) is 4.20. The van der Waals surface area contributed by atoms with Crippen LogP contribution in [0, 0.1) is 10.1 Å². The van der Waals surface area contributed by atoms with E-state index in [1.54, 1.807) is 0 Å². The van der Waals surface area contributed by atoms with E-state index in [1.165, 1.54) is 22.9 Å². The van der Waals surface area contributed by atoms with Crippen LogP contribution in [0.25, 0.3) is 11.0 Å². The van der Waals surface area contributed by atoms with Crippen molar-refractivity contribution in [3.63, 3.8) is 0 Å². The minimum absolute atomic E-state index is 0.0876. The molecule has 1 N–H and O–H groups in total. The summed E-state index contributed by atoms with van der Waals surface area (Å²) >= 11 is 0. The number of aryl methyl sites for hydroxylation is 1. The molecule has 0 saturated heterocycles. The number of furan rings is 1. The van der Waals surface area contributed by atoms with Crippen molar-refractivity contribution in [2.45, 2.75) is 26.6 Å². The second-order valence-corrected chi connectivity index (χ2v) is 6.10. The van der Waals surface area contributed by atoms with Gasteiger partial charge < -0.3 is 9.32 Å². The van der Waals surface area contributed by atoms with Crippen LogP contribution in [0.15, 0.2) is 51.8 Å². The number of benzene rings is 1. The Labute approximate surface area is 144 Å². The molecular weight excluding hydrogens is 322 g/mol. The second kappa shape index (κ2) is 6.90. The molecule has 1 atom stereocenters.